The predicted molar refractivity (Wildman–Crippen MR) is 53.2 cm³/mol. The third-order valence-corrected chi connectivity index (χ3v) is 2.63. The number of carbonyl (C=O) groups excluding carboxylic acids is 1. The molecule has 2 nitrogen and oxygen atoms in total. The van der Waals surface area contributed by atoms with Crippen molar-refractivity contribution in [3.8, 4) is 0 Å². The summed E-state index contributed by atoms with van der Waals surface area (Å²) in [6, 6.07) is 5.69. The van der Waals surface area contributed by atoms with E-state index in [1.54, 1.807) is 11.9 Å². The molecule has 0 radical (unpaired) electrons. The van der Waals surface area contributed by atoms with Crippen LogP contribution in [0.3, 0.4) is 0 Å². The number of fused-ring (bicyclic) bond motifs is 1. The van der Waals surface area contributed by atoms with Crippen LogP contribution in [0.2, 0.25) is 5.02 Å². The summed E-state index contributed by atoms with van der Waals surface area (Å²) in [5.74, 6) is 0.162. The Bertz CT molecular complexity index is 362. The van der Waals surface area contributed by atoms with Gasteiger partial charge in [0.05, 0.1) is 0 Å². The number of halogens is 1. The molecule has 0 unspecified atom stereocenters. The Kier molecular flexibility index (Phi) is 2.00. The minimum absolute atomic E-state index is 0.162. The molecule has 0 fully saturated rings. The normalized spacial score (nSPS) is 15.8. The Morgan fingerprint density at radius 1 is 1.38 bits per heavy atom. The highest BCUT2D eigenvalue weighted by atomic mass is 35.5. The second-order valence-electron chi connectivity index (χ2n) is 3.23. The first kappa shape index (κ1) is 8.57. The van der Waals surface area contributed by atoms with Crippen molar-refractivity contribution in [3.05, 3.63) is 28.8 Å². The van der Waals surface area contributed by atoms with E-state index in [-0.39, 0.29) is 5.91 Å². The number of hydrogen-bond donors (Lipinski definition) is 0. The molecule has 2 rings (SSSR count). The highest BCUT2D eigenvalue weighted by molar-refractivity contribution is 6.31. The van der Waals surface area contributed by atoms with Gasteiger partial charge >= 0.3 is 0 Å². The second kappa shape index (κ2) is 3.04. The van der Waals surface area contributed by atoms with Crippen LogP contribution in [-0.2, 0) is 11.2 Å². The molecule has 68 valence electrons. The average Bonchev–Trinajstić information content (AvgIpc) is 2.12. The van der Waals surface area contributed by atoms with Crippen molar-refractivity contribution < 1.29 is 4.79 Å². The summed E-state index contributed by atoms with van der Waals surface area (Å²) in [5, 5.41) is 0.681. The molecular weight excluding hydrogens is 186 g/mol. The lowest BCUT2D eigenvalue weighted by atomic mass is 10.0. The van der Waals surface area contributed by atoms with Crippen molar-refractivity contribution >= 4 is 23.2 Å². The van der Waals surface area contributed by atoms with Gasteiger partial charge in [0, 0.05) is 24.2 Å². The average molecular weight is 196 g/mol. The first-order chi connectivity index (χ1) is 6.18. The maximum atomic E-state index is 11.4. The molecule has 3 heteroatoms. The molecule has 1 aromatic carbocycles. The van der Waals surface area contributed by atoms with E-state index in [1.165, 1.54) is 5.56 Å². The number of amides is 1. The molecule has 0 bridgehead atoms. The topological polar surface area (TPSA) is 20.3 Å². The fourth-order valence-electron chi connectivity index (χ4n) is 1.60. The van der Waals surface area contributed by atoms with Crippen molar-refractivity contribution in [1.29, 1.82) is 0 Å². The molecule has 0 aromatic heterocycles. The molecule has 0 spiro atoms. The third kappa shape index (κ3) is 1.42. The molecule has 1 aliphatic heterocycles. The van der Waals surface area contributed by atoms with Crippen LogP contribution >= 0.6 is 11.6 Å². The van der Waals surface area contributed by atoms with Gasteiger partial charge in [-0.05, 0) is 24.1 Å². The summed E-state index contributed by atoms with van der Waals surface area (Å²) in [6.45, 7) is 0. The van der Waals surface area contributed by atoms with Gasteiger partial charge in [0.1, 0.15) is 0 Å². The summed E-state index contributed by atoms with van der Waals surface area (Å²) in [7, 11) is 1.79. The van der Waals surface area contributed by atoms with Gasteiger partial charge in [0.2, 0.25) is 5.91 Å². The number of benzene rings is 1. The van der Waals surface area contributed by atoms with Gasteiger partial charge in [-0.15, -0.1) is 0 Å². The lowest BCUT2D eigenvalue weighted by Crippen LogP contribution is -2.30. The van der Waals surface area contributed by atoms with E-state index in [9.17, 15) is 4.79 Å². The monoisotopic (exact) mass is 195 g/mol. The van der Waals surface area contributed by atoms with E-state index in [4.69, 9.17) is 11.6 Å². The van der Waals surface area contributed by atoms with E-state index in [1.807, 2.05) is 18.2 Å². The maximum absolute atomic E-state index is 11.4. The molecule has 0 saturated carbocycles. The molecule has 13 heavy (non-hydrogen) atoms. The molecule has 1 amide bonds. The molecular formula is C10H10ClNO. The van der Waals surface area contributed by atoms with Crippen LogP contribution in [0.5, 0.6) is 0 Å². The van der Waals surface area contributed by atoms with Crippen molar-refractivity contribution in [3.63, 3.8) is 0 Å². The number of anilines is 1. The lowest BCUT2D eigenvalue weighted by Gasteiger charge is -2.25. The van der Waals surface area contributed by atoms with Crippen molar-refractivity contribution in [2.45, 2.75) is 12.8 Å². The smallest absolute Gasteiger partial charge is 0.227 e. The molecule has 1 aromatic rings. The number of rotatable bonds is 0. The Balaban J connectivity index is 2.51. The Labute approximate surface area is 82.1 Å². The SMILES string of the molecule is CN1C(=O)CCc2ccc(Cl)cc21. The predicted octanol–water partition coefficient (Wildman–Crippen LogP) is 2.25. The summed E-state index contributed by atoms with van der Waals surface area (Å²) < 4.78 is 0. The van der Waals surface area contributed by atoms with Crippen LogP contribution in [-0.4, -0.2) is 13.0 Å². The van der Waals surface area contributed by atoms with E-state index < -0.39 is 0 Å². The van der Waals surface area contributed by atoms with Gasteiger partial charge in [-0.25, -0.2) is 0 Å². The number of carbonyl (C=O) groups is 1. The van der Waals surface area contributed by atoms with Crippen molar-refractivity contribution in [1.82, 2.24) is 0 Å². The van der Waals surface area contributed by atoms with Crippen molar-refractivity contribution in [2.24, 2.45) is 0 Å². The highest BCUT2D eigenvalue weighted by Gasteiger charge is 2.20. The van der Waals surface area contributed by atoms with Gasteiger partial charge in [-0.3, -0.25) is 4.79 Å². The Hall–Kier alpha value is -1.02. The first-order valence-corrected chi connectivity index (χ1v) is 4.61. The van der Waals surface area contributed by atoms with Crippen LogP contribution in [0.4, 0.5) is 5.69 Å². The Morgan fingerprint density at radius 2 is 2.15 bits per heavy atom. The summed E-state index contributed by atoms with van der Waals surface area (Å²) in [4.78, 5) is 13.0. The number of aryl methyl sites for hydroxylation is 1. The van der Waals surface area contributed by atoms with Gasteiger partial charge in [0.15, 0.2) is 0 Å². The van der Waals surface area contributed by atoms with Crippen LogP contribution in [0.1, 0.15) is 12.0 Å². The van der Waals surface area contributed by atoms with E-state index in [0.29, 0.717) is 11.4 Å². The summed E-state index contributed by atoms with van der Waals surface area (Å²) in [5.41, 5.74) is 2.15. The van der Waals surface area contributed by atoms with Gasteiger partial charge in [-0.2, -0.15) is 0 Å². The Morgan fingerprint density at radius 3 is 2.92 bits per heavy atom. The quantitative estimate of drug-likeness (QED) is 0.622. The second-order valence-corrected chi connectivity index (χ2v) is 3.66. The number of nitrogens with zero attached hydrogens (tertiary/aromatic N) is 1. The van der Waals surface area contributed by atoms with Gasteiger partial charge in [0.25, 0.3) is 0 Å². The van der Waals surface area contributed by atoms with Crippen LogP contribution in [0, 0.1) is 0 Å². The van der Waals surface area contributed by atoms with E-state index in [0.717, 1.165) is 12.1 Å². The zero-order valence-electron chi connectivity index (χ0n) is 7.38. The minimum Gasteiger partial charge on any atom is -0.315 e. The molecule has 0 atom stereocenters. The summed E-state index contributed by atoms with van der Waals surface area (Å²) in [6.07, 6.45) is 1.43. The minimum atomic E-state index is 0.162. The largest absolute Gasteiger partial charge is 0.315 e. The van der Waals surface area contributed by atoms with Gasteiger partial charge < -0.3 is 4.90 Å². The third-order valence-electron chi connectivity index (χ3n) is 2.39. The van der Waals surface area contributed by atoms with Crippen molar-refractivity contribution in [2.75, 3.05) is 11.9 Å². The fourth-order valence-corrected chi connectivity index (χ4v) is 1.77. The zero-order chi connectivity index (χ0) is 9.42. The highest BCUT2D eigenvalue weighted by Crippen LogP contribution is 2.29. The first-order valence-electron chi connectivity index (χ1n) is 4.23. The number of hydrogen-bond acceptors (Lipinski definition) is 1. The summed E-state index contributed by atoms with van der Waals surface area (Å²) >= 11 is 5.85. The molecule has 0 saturated heterocycles. The van der Waals surface area contributed by atoms with E-state index in [2.05, 4.69) is 0 Å². The molecule has 1 heterocycles. The van der Waals surface area contributed by atoms with Gasteiger partial charge in [-0.1, -0.05) is 17.7 Å². The molecule has 0 aliphatic carbocycles. The standard InChI is InChI=1S/C10H10ClNO/c1-12-9-6-8(11)4-2-7(9)3-5-10(12)13/h2,4,6H,3,5H2,1H3. The van der Waals surface area contributed by atoms with Crippen LogP contribution in [0.25, 0.3) is 0 Å². The molecule has 1 aliphatic rings. The van der Waals surface area contributed by atoms with Crippen LogP contribution in [0.15, 0.2) is 18.2 Å². The zero-order valence-corrected chi connectivity index (χ0v) is 8.14. The van der Waals surface area contributed by atoms with Crippen LogP contribution < -0.4 is 4.90 Å². The lowest BCUT2D eigenvalue weighted by molar-refractivity contribution is -0.118. The molecule has 0 N–H and O–H groups in total. The fraction of sp³-hybridized carbons (Fsp3) is 0.300. The maximum Gasteiger partial charge on any atom is 0.227 e. The van der Waals surface area contributed by atoms with E-state index >= 15 is 0 Å².